The van der Waals surface area contributed by atoms with Crippen molar-refractivity contribution >= 4 is 29.2 Å². The van der Waals surface area contributed by atoms with Crippen molar-refractivity contribution in [3.05, 3.63) is 87.9 Å². The highest BCUT2D eigenvalue weighted by atomic mass is 35.5. The molecule has 0 amide bonds. The van der Waals surface area contributed by atoms with E-state index in [0.717, 1.165) is 23.3 Å². The number of hydrogen-bond donors (Lipinski definition) is 1. The summed E-state index contributed by atoms with van der Waals surface area (Å²) in [6.45, 7) is 2.11. The zero-order valence-corrected chi connectivity index (χ0v) is 18.4. The third-order valence-corrected chi connectivity index (χ3v) is 5.81. The van der Waals surface area contributed by atoms with Crippen molar-refractivity contribution in [1.29, 1.82) is 0 Å². The van der Waals surface area contributed by atoms with Gasteiger partial charge in [0.1, 0.15) is 5.75 Å². The Kier molecular flexibility index (Phi) is 6.91. The van der Waals surface area contributed by atoms with Crippen molar-refractivity contribution in [2.45, 2.75) is 12.6 Å². The Bertz CT molecular complexity index is 1160. The van der Waals surface area contributed by atoms with Crippen molar-refractivity contribution in [3.63, 3.8) is 0 Å². The summed E-state index contributed by atoms with van der Waals surface area (Å²) in [5.74, 6) is -0.0124. The second kappa shape index (κ2) is 9.85. The normalized spacial score (nSPS) is 14.7. The van der Waals surface area contributed by atoms with Gasteiger partial charge in [-0.05, 0) is 53.9 Å². The largest absolute Gasteiger partial charge is 0.507 e. The van der Waals surface area contributed by atoms with Crippen molar-refractivity contribution in [2.75, 3.05) is 31.2 Å². The zero-order chi connectivity index (χ0) is 23.4. The molecule has 1 fully saturated rings. The van der Waals surface area contributed by atoms with E-state index in [-0.39, 0.29) is 11.4 Å². The predicted octanol–water partition coefficient (Wildman–Crippen LogP) is 6.24. The van der Waals surface area contributed by atoms with Crippen LogP contribution >= 0.6 is 11.6 Å². The summed E-state index contributed by atoms with van der Waals surface area (Å²) < 4.78 is 45.3. The Morgan fingerprint density at radius 2 is 1.79 bits per heavy atom. The monoisotopic (exact) mass is 474 g/mol. The van der Waals surface area contributed by atoms with E-state index in [1.807, 2.05) is 23.1 Å². The molecular weight excluding hydrogens is 453 g/mol. The first kappa shape index (κ1) is 23.1. The standard InChI is InChI=1S/C25H22ClF3N2O2/c26-21-4-2-1-3-18(21)13-17-5-8-24(32)19(14-17)16-30-22-15-20(25(27,28)29)6-7-23(22)31-9-11-33-12-10-31/h1-8,14-16,32H,9-13H2. The number of phenolic OH excluding ortho intramolecular Hbond substituents is 1. The number of anilines is 1. The van der Waals surface area contributed by atoms with E-state index in [1.54, 1.807) is 24.3 Å². The van der Waals surface area contributed by atoms with Gasteiger partial charge in [-0.25, -0.2) is 0 Å². The number of alkyl halides is 3. The van der Waals surface area contributed by atoms with Crippen LogP contribution in [-0.4, -0.2) is 37.6 Å². The Morgan fingerprint density at radius 3 is 2.52 bits per heavy atom. The number of aliphatic imine (C=N–C) groups is 1. The minimum Gasteiger partial charge on any atom is -0.507 e. The first-order valence-corrected chi connectivity index (χ1v) is 10.8. The van der Waals surface area contributed by atoms with Crippen LogP contribution in [0.5, 0.6) is 5.75 Å². The van der Waals surface area contributed by atoms with Gasteiger partial charge in [0.05, 0.1) is 30.2 Å². The lowest BCUT2D eigenvalue weighted by molar-refractivity contribution is -0.137. The fourth-order valence-corrected chi connectivity index (χ4v) is 3.90. The SMILES string of the molecule is Oc1ccc(Cc2ccccc2Cl)cc1C=Nc1cc(C(F)(F)F)ccc1N1CCOCC1. The first-order valence-electron chi connectivity index (χ1n) is 10.4. The second-order valence-electron chi connectivity index (χ2n) is 7.72. The number of rotatable bonds is 5. The van der Waals surface area contributed by atoms with Crippen LogP contribution in [0.15, 0.2) is 65.7 Å². The smallest absolute Gasteiger partial charge is 0.416 e. The quantitative estimate of drug-likeness (QED) is 0.445. The minimum atomic E-state index is -4.48. The molecule has 0 aliphatic carbocycles. The maximum Gasteiger partial charge on any atom is 0.416 e. The van der Waals surface area contributed by atoms with Gasteiger partial charge < -0.3 is 14.7 Å². The van der Waals surface area contributed by atoms with Crippen LogP contribution in [0.1, 0.15) is 22.3 Å². The molecule has 0 unspecified atom stereocenters. The summed E-state index contributed by atoms with van der Waals surface area (Å²) in [5.41, 5.74) is 2.23. The van der Waals surface area contributed by atoms with Crippen LogP contribution in [-0.2, 0) is 17.3 Å². The van der Waals surface area contributed by atoms with Crippen molar-refractivity contribution in [3.8, 4) is 5.75 Å². The fraction of sp³-hybridized carbons (Fsp3) is 0.240. The van der Waals surface area contributed by atoms with Crippen LogP contribution in [0, 0.1) is 0 Å². The summed E-state index contributed by atoms with van der Waals surface area (Å²) in [6.07, 6.45) is -2.54. The van der Waals surface area contributed by atoms with Crippen LogP contribution in [0.2, 0.25) is 5.02 Å². The highest BCUT2D eigenvalue weighted by molar-refractivity contribution is 6.31. The van der Waals surface area contributed by atoms with Crippen LogP contribution < -0.4 is 4.90 Å². The van der Waals surface area contributed by atoms with Gasteiger partial charge in [0.15, 0.2) is 0 Å². The molecule has 0 aromatic heterocycles. The topological polar surface area (TPSA) is 45.1 Å². The van der Waals surface area contributed by atoms with Crippen molar-refractivity contribution in [2.24, 2.45) is 4.99 Å². The number of aromatic hydroxyl groups is 1. The van der Waals surface area contributed by atoms with Crippen LogP contribution in [0.4, 0.5) is 24.5 Å². The summed E-state index contributed by atoms with van der Waals surface area (Å²) in [7, 11) is 0. The average Bonchev–Trinajstić information content (AvgIpc) is 2.80. The average molecular weight is 475 g/mol. The molecule has 0 radical (unpaired) electrons. The van der Waals surface area contributed by atoms with E-state index in [4.69, 9.17) is 16.3 Å². The summed E-state index contributed by atoms with van der Waals surface area (Å²) >= 11 is 6.25. The van der Waals surface area contributed by atoms with E-state index in [9.17, 15) is 18.3 Å². The van der Waals surface area contributed by atoms with Gasteiger partial charge in [-0.3, -0.25) is 4.99 Å². The van der Waals surface area contributed by atoms with E-state index < -0.39 is 11.7 Å². The van der Waals surface area contributed by atoms with Crippen LogP contribution in [0.3, 0.4) is 0 Å². The number of hydrogen-bond acceptors (Lipinski definition) is 4. The molecule has 1 heterocycles. The van der Waals surface area contributed by atoms with Gasteiger partial charge in [0.25, 0.3) is 0 Å². The maximum absolute atomic E-state index is 13.3. The molecule has 0 bridgehead atoms. The number of halogens is 4. The highest BCUT2D eigenvalue weighted by Gasteiger charge is 2.31. The molecule has 3 aromatic rings. The molecule has 0 atom stereocenters. The van der Waals surface area contributed by atoms with Gasteiger partial charge in [0.2, 0.25) is 0 Å². The van der Waals surface area contributed by atoms with Gasteiger partial charge in [-0.2, -0.15) is 13.2 Å². The molecule has 1 N–H and O–H groups in total. The minimum absolute atomic E-state index is 0.0124. The molecule has 4 nitrogen and oxygen atoms in total. The van der Waals surface area contributed by atoms with Gasteiger partial charge in [-0.15, -0.1) is 0 Å². The number of ether oxygens (including phenoxy) is 1. The summed E-state index contributed by atoms with van der Waals surface area (Å²) in [5, 5.41) is 11.0. The molecule has 172 valence electrons. The Labute approximate surface area is 194 Å². The van der Waals surface area contributed by atoms with Gasteiger partial charge in [-0.1, -0.05) is 35.9 Å². The van der Waals surface area contributed by atoms with E-state index in [2.05, 4.69) is 4.99 Å². The number of benzene rings is 3. The third-order valence-electron chi connectivity index (χ3n) is 5.44. The van der Waals surface area contributed by atoms with Crippen LogP contribution in [0.25, 0.3) is 0 Å². The number of morpholine rings is 1. The lowest BCUT2D eigenvalue weighted by Crippen LogP contribution is -2.36. The lowest BCUT2D eigenvalue weighted by atomic mass is 10.0. The fourth-order valence-electron chi connectivity index (χ4n) is 3.69. The molecule has 4 rings (SSSR count). The maximum atomic E-state index is 13.3. The summed E-state index contributed by atoms with van der Waals surface area (Å²) in [6, 6.07) is 16.1. The third kappa shape index (κ3) is 5.67. The zero-order valence-electron chi connectivity index (χ0n) is 17.6. The number of nitrogens with zero attached hydrogens (tertiary/aromatic N) is 2. The second-order valence-corrected chi connectivity index (χ2v) is 8.13. The molecule has 1 saturated heterocycles. The van der Waals surface area contributed by atoms with E-state index in [0.29, 0.717) is 49.0 Å². The first-order chi connectivity index (χ1) is 15.8. The molecule has 33 heavy (non-hydrogen) atoms. The molecule has 1 aliphatic heterocycles. The molecule has 0 spiro atoms. The van der Waals surface area contributed by atoms with Crippen molar-refractivity contribution in [1.82, 2.24) is 0 Å². The highest BCUT2D eigenvalue weighted by Crippen LogP contribution is 2.37. The Morgan fingerprint density at radius 1 is 1.03 bits per heavy atom. The molecule has 3 aromatic carbocycles. The molecule has 8 heteroatoms. The molecule has 1 aliphatic rings. The van der Waals surface area contributed by atoms with E-state index in [1.165, 1.54) is 12.3 Å². The summed E-state index contributed by atoms with van der Waals surface area (Å²) in [4.78, 5) is 6.31. The Balaban J connectivity index is 1.66. The molecule has 0 saturated carbocycles. The molecular formula is C25H22ClF3N2O2. The van der Waals surface area contributed by atoms with Crippen molar-refractivity contribution < 1.29 is 23.0 Å². The van der Waals surface area contributed by atoms with E-state index >= 15 is 0 Å². The van der Waals surface area contributed by atoms with Gasteiger partial charge >= 0.3 is 6.18 Å². The number of phenols is 1. The Hall–Kier alpha value is -3.03. The predicted molar refractivity (Wildman–Crippen MR) is 124 cm³/mol. The van der Waals surface area contributed by atoms with Gasteiger partial charge in [0, 0.05) is 29.9 Å². The lowest BCUT2D eigenvalue weighted by Gasteiger charge is -2.30.